The third kappa shape index (κ3) is 2.69. The smallest absolute Gasteiger partial charge is 0.146 e. The van der Waals surface area contributed by atoms with E-state index in [1.54, 1.807) is 6.07 Å². The number of nitrogens with one attached hydrogen (secondary N) is 1. The molecule has 1 aromatic carbocycles. The van der Waals surface area contributed by atoms with Gasteiger partial charge < -0.3 is 10.2 Å². The van der Waals surface area contributed by atoms with Crippen molar-refractivity contribution in [1.29, 1.82) is 0 Å². The molecule has 0 aromatic heterocycles. The number of benzene rings is 1. The van der Waals surface area contributed by atoms with E-state index < -0.39 is 0 Å². The number of rotatable bonds is 4. The van der Waals surface area contributed by atoms with Gasteiger partial charge in [0.05, 0.1) is 5.69 Å². The van der Waals surface area contributed by atoms with Crippen molar-refractivity contribution in [3.8, 4) is 0 Å². The van der Waals surface area contributed by atoms with Crippen LogP contribution in [0.25, 0.3) is 0 Å². The lowest BCUT2D eigenvalue weighted by Gasteiger charge is -2.33. The SMILES string of the molecule is CCNCc1ccc(N2CCC3CCCCC32)c(F)c1. The summed E-state index contributed by atoms with van der Waals surface area (Å²) in [5.41, 5.74) is 1.85. The molecule has 110 valence electrons. The van der Waals surface area contributed by atoms with Crippen LogP contribution < -0.4 is 10.2 Å². The summed E-state index contributed by atoms with van der Waals surface area (Å²) in [5, 5.41) is 3.25. The van der Waals surface area contributed by atoms with Gasteiger partial charge in [-0.2, -0.15) is 0 Å². The van der Waals surface area contributed by atoms with Crippen LogP contribution in [0.1, 0.15) is 44.6 Å². The molecule has 0 spiro atoms. The van der Waals surface area contributed by atoms with Crippen molar-refractivity contribution >= 4 is 5.69 Å². The van der Waals surface area contributed by atoms with Crippen molar-refractivity contribution in [2.24, 2.45) is 5.92 Å². The Balaban J connectivity index is 1.76. The van der Waals surface area contributed by atoms with E-state index in [2.05, 4.69) is 23.2 Å². The normalized spacial score (nSPS) is 25.8. The Labute approximate surface area is 121 Å². The number of nitrogens with zero attached hydrogens (tertiary/aromatic N) is 1. The molecule has 0 bridgehead atoms. The van der Waals surface area contributed by atoms with Gasteiger partial charge in [-0.05, 0) is 49.4 Å². The van der Waals surface area contributed by atoms with Gasteiger partial charge in [0.15, 0.2) is 0 Å². The molecule has 1 heterocycles. The van der Waals surface area contributed by atoms with E-state index in [0.717, 1.165) is 36.8 Å². The number of hydrogen-bond donors (Lipinski definition) is 1. The predicted molar refractivity (Wildman–Crippen MR) is 81.5 cm³/mol. The topological polar surface area (TPSA) is 15.3 Å². The van der Waals surface area contributed by atoms with Crippen molar-refractivity contribution in [3.63, 3.8) is 0 Å². The Kier molecular flexibility index (Phi) is 4.25. The first-order valence-electron chi connectivity index (χ1n) is 8.05. The van der Waals surface area contributed by atoms with E-state index in [0.29, 0.717) is 6.04 Å². The highest BCUT2D eigenvalue weighted by Crippen LogP contribution is 2.39. The van der Waals surface area contributed by atoms with Crippen molar-refractivity contribution in [1.82, 2.24) is 5.32 Å². The second kappa shape index (κ2) is 6.13. The maximum Gasteiger partial charge on any atom is 0.146 e. The minimum atomic E-state index is -0.0494. The molecule has 1 aliphatic heterocycles. The summed E-state index contributed by atoms with van der Waals surface area (Å²) in [6.45, 7) is 4.76. The van der Waals surface area contributed by atoms with E-state index in [1.807, 2.05) is 6.07 Å². The van der Waals surface area contributed by atoms with Gasteiger partial charge in [-0.1, -0.05) is 25.8 Å². The van der Waals surface area contributed by atoms with Crippen LogP contribution in [0.5, 0.6) is 0 Å². The summed E-state index contributed by atoms with van der Waals surface area (Å²) >= 11 is 0. The largest absolute Gasteiger partial charge is 0.366 e. The van der Waals surface area contributed by atoms with Gasteiger partial charge in [0.25, 0.3) is 0 Å². The van der Waals surface area contributed by atoms with E-state index in [4.69, 9.17) is 0 Å². The van der Waals surface area contributed by atoms with Crippen LogP contribution in [0.2, 0.25) is 0 Å². The summed E-state index contributed by atoms with van der Waals surface area (Å²) in [7, 11) is 0. The highest BCUT2D eigenvalue weighted by Gasteiger charge is 2.36. The summed E-state index contributed by atoms with van der Waals surface area (Å²) < 4.78 is 14.4. The molecule has 2 aliphatic rings. The van der Waals surface area contributed by atoms with Crippen LogP contribution in [0.3, 0.4) is 0 Å². The van der Waals surface area contributed by atoms with E-state index in [9.17, 15) is 4.39 Å². The molecule has 2 nitrogen and oxygen atoms in total. The average molecular weight is 276 g/mol. The maximum atomic E-state index is 14.4. The van der Waals surface area contributed by atoms with Gasteiger partial charge >= 0.3 is 0 Å². The highest BCUT2D eigenvalue weighted by molar-refractivity contribution is 5.51. The highest BCUT2D eigenvalue weighted by atomic mass is 19.1. The maximum absolute atomic E-state index is 14.4. The van der Waals surface area contributed by atoms with Crippen LogP contribution in [0.15, 0.2) is 18.2 Å². The van der Waals surface area contributed by atoms with Gasteiger partial charge in [0.2, 0.25) is 0 Å². The lowest BCUT2D eigenvalue weighted by atomic mass is 9.85. The van der Waals surface area contributed by atoms with Crippen LogP contribution in [0, 0.1) is 11.7 Å². The third-order valence-electron chi connectivity index (χ3n) is 4.91. The van der Waals surface area contributed by atoms with Crippen molar-refractivity contribution < 1.29 is 4.39 Å². The average Bonchev–Trinajstić information content (AvgIpc) is 2.89. The number of anilines is 1. The fourth-order valence-corrected chi connectivity index (χ4v) is 3.87. The minimum Gasteiger partial charge on any atom is -0.366 e. The molecule has 2 fully saturated rings. The van der Waals surface area contributed by atoms with Crippen LogP contribution in [-0.4, -0.2) is 19.1 Å². The monoisotopic (exact) mass is 276 g/mol. The van der Waals surface area contributed by atoms with Crippen LogP contribution >= 0.6 is 0 Å². The zero-order valence-electron chi connectivity index (χ0n) is 12.4. The molecule has 1 aliphatic carbocycles. The van der Waals surface area contributed by atoms with E-state index in [-0.39, 0.29) is 5.82 Å². The first kappa shape index (κ1) is 13.9. The summed E-state index contributed by atoms with van der Waals surface area (Å²) in [4.78, 5) is 2.33. The van der Waals surface area contributed by atoms with Crippen LogP contribution in [-0.2, 0) is 6.54 Å². The predicted octanol–water partition coefficient (Wildman–Crippen LogP) is 3.70. The molecule has 1 saturated heterocycles. The Bertz CT molecular complexity index is 460. The molecule has 2 unspecified atom stereocenters. The second-order valence-electron chi connectivity index (χ2n) is 6.16. The van der Waals surface area contributed by atoms with Gasteiger partial charge in [-0.25, -0.2) is 4.39 Å². The Hall–Kier alpha value is -1.09. The lowest BCUT2D eigenvalue weighted by Crippen LogP contribution is -2.35. The fourth-order valence-electron chi connectivity index (χ4n) is 3.87. The molecule has 0 amide bonds. The van der Waals surface area contributed by atoms with Crippen LogP contribution in [0.4, 0.5) is 10.1 Å². The summed E-state index contributed by atoms with van der Waals surface area (Å²) in [6, 6.07) is 6.34. The standard InChI is InChI=1S/C17H25FN2/c1-2-19-12-13-7-8-17(15(18)11-13)20-10-9-14-5-3-4-6-16(14)20/h7-8,11,14,16,19H,2-6,9-10,12H2,1H3. The fraction of sp³-hybridized carbons (Fsp3) is 0.647. The van der Waals surface area contributed by atoms with Gasteiger partial charge in [0.1, 0.15) is 5.82 Å². The molecule has 0 radical (unpaired) electrons. The number of hydrogen-bond acceptors (Lipinski definition) is 2. The number of halogens is 1. The van der Waals surface area contributed by atoms with Gasteiger partial charge in [0, 0.05) is 19.1 Å². The molecule has 1 N–H and O–H groups in total. The number of fused-ring (bicyclic) bond motifs is 1. The quantitative estimate of drug-likeness (QED) is 0.902. The van der Waals surface area contributed by atoms with E-state index >= 15 is 0 Å². The molecule has 1 aromatic rings. The van der Waals surface area contributed by atoms with E-state index in [1.165, 1.54) is 32.1 Å². The summed E-state index contributed by atoms with van der Waals surface area (Å²) in [6.07, 6.45) is 6.48. The Morgan fingerprint density at radius 3 is 2.90 bits per heavy atom. The Morgan fingerprint density at radius 1 is 1.25 bits per heavy atom. The zero-order valence-corrected chi connectivity index (χ0v) is 12.4. The zero-order chi connectivity index (χ0) is 13.9. The summed E-state index contributed by atoms with van der Waals surface area (Å²) in [5.74, 6) is 0.746. The molecular formula is C17H25FN2. The molecule has 1 saturated carbocycles. The first-order valence-corrected chi connectivity index (χ1v) is 8.05. The first-order chi connectivity index (χ1) is 9.79. The van der Waals surface area contributed by atoms with Crippen molar-refractivity contribution in [2.45, 2.75) is 51.6 Å². The van der Waals surface area contributed by atoms with Gasteiger partial charge in [-0.3, -0.25) is 0 Å². The minimum absolute atomic E-state index is 0.0494. The molecule has 2 atom stereocenters. The second-order valence-corrected chi connectivity index (χ2v) is 6.16. The lowest BCUT2D eigenvalue weighted by molar-refractivity contribution is 0.341. The van der Waals surface area contributed by atoms with Crippen molar-refractivity contribution in [3.05, 3.63) is 29.6 Å². The Morgan fingerprint density at radius 2 is 2.10 bits per heavy atom. The molecule has 3 rings (SSSR count). The molecular weight excluding hydrogens is 251 g/mol. The van der Waals surface area contributed by atoms with Gasteiger partial charge in [-0.15, -0.1) is 0 Å². The van der Waals surface area contributed by atoms with Crippen molar-refractivity contribution in [2.75, 3.05) is 18.0 Å². The third-order valence-corrected chi connectivity index (χ3v) is 4.91. The molecule has 20 heavy (non-hydrogen) atoms. The molecule has 3 heteroatoms.